The molecule has 1 aliphatic rings. The van der Waals surface area contributed by atoms with E-state index in [1.807, 2.05) is 48.5 Å². The van der Waals surface area contributed by atoms with Crippen molar-refractivity contribution >= 4 is 39.5 Å². The van der Waals surface area contributed by atoms with Gasteiger partial charge in [-0.15, -0.1) is 0 Å². The highest BCUT2D eigenvalue weighted by Gasteiger charge is 2.49. The number of imide groups is 1. The number of benzene rings is 3. The van der Waals surface area contributed by atoms with Crippen LogP contribution in [-0.4, -0.2) is 29.3 Å². The molecule has 1 saturated heterocycles. The van der Waals surface area contributed by atoms with Crippen LogP contribution in [0.1, 0.15) is 12.5 Å². The predicted molar refractivity (Wildman–Crippen MR) is 122 cm³/mol. The van der Waals surface area contributed by atoms with E-state index in [1.54, 1.807) is 37.3 Å². The number of rotatable bonds is 5. The van der Waals surface area contributed by atoms with Crippen LogP contribution in [-0.2, 0) is 15.1 Å². The summed E-state index contributed by atoms with van der Waals surface area (Å²) in [7, 11) is 0. The van der Waals surface area contributed by atoms with Crippen LogP contribution in [0.15, 0.2) is 83.3 Å². The topological polar surface area (TPSA) is 78.5 Å². The number of hydrogen-bond donors (Lipinski definition) is 2. The molecule has 4 rings (SSSR count). The molecule has 0 aliphatic carbocycles. The summed E-state index contributed by atoms with van der Waals surface area (Å²) in [5, 5.41) is 5.55. The maximum Gasteiger partial charge on any atom is 0.325 e. The van der Waals surface area contributed by atoms with Crippen LogP contribution in [0, 0.1) is 0 Å². The number of anilines is 1. The van der Waals surface area contributed by atoms with Gasteiger partial charge in [0, 0.05) is 15.7 Å². The van der Waals surface area contributed by atoms with Crippen LogP contribution in [0.4, 0.5) is 10.5 Å². The maximum atomic E-state index is 13.1. The van der Waals surface area contributed by atoms with Gasteiger partial charge in [0.1, 0.15) is 12.1 Å². The molecule has 0 spiro atoms. The van der Waals surface area contributed by atoms with Gasteiger partial charge in [0.2, 0.25) is 5.91 Å². The van der Waals surface area contributed by atoms with Crippen LogP contribution in [0.3, 0.4) is 0 Å². The van der Waals surface area contributed by atoms with Crippen molar-refractivity contribution in [2.75, 3.05) is 11.9 Å². The van der Waals surface area contributed by atoms with Crippen molar-refractivity contribution in [1.29, 1.82) is 0 Å². The zero-order chi connectivity index (χ0) is 22.0. The molecule has 6 nitrogen and oxygen atoms in total. The molecule has 0 saturated carbocycles. The molecule has 0 aromatic heterocycles. The van der Waals surface area contributed by atoms with Gasteiger partial charge >= 0.3 is 6.03 Å². The highest BCUT2D eigenvalue weighted by Crippen LogP contribution is 2.30. The van der Waals surface area contributed by atoms with E-state index >= 15 is 0 Å². The van der Waals surface area contributed by atoms with Crippen molar-refractivity contribution in [3.05, 3.63) is 88.9 Å². The van der Waals surface area contributed by atoms with Crippen molar-refractivity contribution in [3.63, 3.8) is 0 Å². The minimum Gasteiger partial charge on any atom is -0.324 e. The zero-order valence-electron chi connectivity index (χ0n) is 16.8. The van der Waals surface area contributed by atoms with Crippen LogP contribution in [0.2, 0.25) is 0 Å². The molecule has 1 aliphatic heterocycles. The molecule has 1 unspecified atom stereocenters. The van der Waals surface area contributed by atoms with Crippen LogP contribution < -0.4 is 10.6 Å². The summed E-state index contributed by atoms with van der Waals surface area (Å²) in [6.07, 6.45) is 0. The highest BCUT2D eigenvalue weighted by molar-refractivity contribution is 9.10. The number of carbonyl (C=O) groups is 3. The second-order valence-corrected chi connectivity index (χ2v) is 8.33. The molecule has 1 heterocycles. The number of urea groups is 1. The first-order valence-corrected chi connectivity index (χ1v) is 10.5. The largest absolute Gasteiger partial charge is 0.325 e. The summed E-state index contributed by atoms with van der Waals surface area (Å²) in [6, 6.07) is 23.6. The van der Waals surface area contributed by atoms with Gasteiger partial charge < -0.3 is 10.6 Å². The first kappa shape index (κ1) is 20.8. The molecule has 4 amide bonds. The predicted octanol–water partition coefficient (Wildman–Crippen LogP) is 4.52. The van der Waals surface area contributed by atoms with Crippen LogP contribution in [0.25, 0.3) is 11.1 Å². The summed E-state index contributed by atoms with van der Waals surface area (Å²) in [4.78, 5) is 39.3. The normalized spacial score (nSPS) is 18.1. The SMILES string of the molecule is CC1(c2ccc(Br)cc2)NC(=O)N(CC(=O)Nc2ccccc2-c2ccccc2)C1=O. The Hall–Kier alpha value is -3.45. The van der Waals surface area contributed by atoms with Gasteiger partial charge in [0.05, 0.1) is 0 Å². The van der Waals surface area contributed by atoms with E-state index in [9.17, 15) is 14.4 Å². The molecule has 3 aromatic carbocycles. The average Bonchev–Trinajstić information content (AvgIpc) is 2.99. The number of nitrogens with zero attached hydrogens (tertiary/aromatic N) is 1. The number of para-hydroxylation sites is 1. The Labute approximate surface area is 188 Å². The van der Waals surface area contributed by atoms with E-state index in [0.29, 0.717) is 11.3 Å². The molecular formula is C24H20BrN3O3. The fraction of sp³-hybridized carbons (Fsp3) is 0.125. The Morgan fingerprint density at radius 3 is 2.32 bits per heavy atom. The molecule has 3 aromatic rings. The van der Waals surface area contributed by atoms with Crippen molar-refractivity contribution in [1.82, 2.24) is 10.2 Å². The lowest BCUT2D eigenvalue weighted by atomic mass is 9.92. The first-order chi connectivity index (χ1) is 14.9. The molecule has 2 N–H and O–H groups in total. The Morgan fingerprint density at radius 2 is 1.61 bits per heavy atom. The standard InChI is InChI=1S/C24H20BrN3O3/c1-24(17-11-13-18(25)14-12-17)22(30)28(23(31)27-24)15-21(29)26-20-10-6-5-9-19(20)16-7-3-2-4-8-16/h2-14H,15H2,1H3,(H,26,29)(H,27,31). The van der Waals surface area contributed by atoms with Crippen molar-refractivity contribution in [2.24, 2.45) is 0 Å². The van der Waals surface area contributed by atoms with Crippen LogP contribution >= 0.6 is 15.9 Å². The van der Waals surface area contributed by atoms with Gasteiger partial charge in [-0.3, -0.25) is 14.5 Å². The Balaban J connectivity index is 1.52. The highest BCUT2D eigenvalue weighted by atomic mass is 79.9. The molecule has 0 radical (unpaired) electrons. The van der Waals surface area contributed by atoms with Crippen molar-refractivity contribution in [3.8, 4) is 11.1 Å². The summed E-state index contributed by atoms with van der Waals surface area (Å²) in [5.74, 6) is -0.918. The van der Waals surface area contributed by atoms with E-state index < -0.39 is 23.4 Å². The Morgan fingerprint density at radius 1 is 0.968 bits per heavy atom. The molecular weight excluding hydrogens is 458 g/mol. The fourth-order valence-electron chi connectivity index (χ4n) is 3.61. The van der Waals surface area contributed by atoms with Gasteiger partial charge in [0.15, 0.2) is 0 Å². The Bertz CT molecular complexity index is 1150. The monoisotopic (exact) mass is 477 g/mol. The fourth-order valence-corrected chi connectivity index (χ4v) is 3.88. The van der Waals surface area contributed by atoms with Gasteiger partial charge in [-0.25, -0.2) is 4.79 Å². The summed E-state index contributed by atoms with van der Waals surface area (Å²) in [6.45, 7) is 1.26. The second kappa shape index (κ2) is 8.35. The minimum atomic E-state index is -1.22. The summed E-state index contributed by atoms with van der Waals surface area (Å²) in [5.41, 5.74) is 1.84. The van der Waals surface area contributed by atoms with Crippen molar-refractivity contribution in [2.45, 2.75) is 12.5 Å². The zero-order valence-corrected chi connectivity index (χ0v) is 18.3. The number of halogens is 1. The molecule has 156 valence electrons. The minimum absolute atomic E-state index is 0.375. The quantitative estimate of drug-likeness (QED) is 0.530. The van der Waals surface area contributed by atoms with E-state index in [1.165, 1.54) is 0 Å². The summed E-state index contributed by atoms with van der Waals surface area (Å²) < 4.78 is 0.866. The van der Waals surface area contributed by atoms with Crippen LogP contribution in [0.5, 0.6) is 0 Å². The third kappa shape index (κ3) is 4.09. The number of amides is 4. The molecule has 0 bridgehead atoms. The van der Waals surface area contributed by atoms with E-state index in [4.69, 9.17) is 0 Å². The third-order valence-electron chi connectivity index (χ3n) is 5.28. The molecule has 1 atom stereocenters. The number of hydrogen-bond acceptors (Lipinski definition) is 3. The average molecular weight is 478 g/mol. The van der Waals surface area contributed by atoms with E-state index in [0.717, 1.165) is 20.5 Å². The third-order valence-corrected chi connectivity index (χ3v) is 5.81. The van der Waals surface area contributed by atoms with Gasteiger partial charge in [-0.2, -0.15) is 0 Å². The van der Waals surface area contributed by atoms with Crippen molar-refractivity contribution < 1.29 is 14.4 Å². The Kier molecular flexibility index (Phi) is 5.61. The number of carbonyl (C=O) groups excluding carboxylic acids is 3. The molecule has 1 fully saturated rings. The lowest BCUT2D eigenvalue weighted by Gasteiger charge is -2.22. The first-order valence-electron chi connectivity index (χ1n) is 9.73. The smallest absolute Gasteiger partial charge is 0.324 e. The molecule has 31 heavy (non-hydrogen) atoms. The van der Waals surface area contributed by atoms with Gasteiger partial charge in [0.25, 0.3) is 5.91 Å². The second-order valence-electron chi connectivity index (χ2n) is 7.41. The van der Waals surface area contributed by atoms with E-state index in [2.05, 4.69) is 26.6 Å². The van der Waals surface area contributed by atoms with Gasteiger partial charge in [-0.1, -0.05) is 76.6 Å². The van der Waals surface area contributed by atoms with Gasteiger partial charge in [-0.05, 0) is 36.2 Å². The molecule has 7 heteroatoms. The van der Waals surface area contributed by atoms with E-state index in [-0.39, 0.29) is 6.54 Å². The summed E-state index contributed by atoms with van der Waals surface area (Å²) >= 11 is 3.36. The lowest BCUT2D eigenvalue weighted by molar-refractivity contribution is -0.133. The number of nitrogens with one attached hydrogen (secondary N) is 2. The lowest BCUT2D eigenvalue weighted by Crippen LogP contribution is -2.42. The maximum absolute atomic E-state index is 13.1.